The third-order valence-electron chi connectivity index (χ3n) is 7.41. The van der Waals surface area contributed by atoms with Crippen molar-refractivity contribution in [2.45, 2.75) is 38.1 Å². The Balaban J connectivity index is 1.38. The van der Waals surface area contributed by atoms with Crippen molar-refractivity contribution in [2.75, 3.05) is 39.3 Å². The molecule has 1 aromatic heterocycles. The van der Waals surface area contributed by atoms with Crippen molar-refractivity contribution in [1.82, 2.24) is 15.1 Å². The summed E-state index contributed by atoms with van der Waals surface area (Å²) in [6.45, 7) is 5.04. The smallest absolute Gasteiger partial charge is 0.258 e. The maximum Gasteiger partial charge on any atom is 0.258 e. The van der Waals surface area contributed by atoms with E-state index in [1.807, 2.05) is 11.0 Å². The molecule has 3 heterocycles. The molecule has 3 aliphatic rings. The molecule has 176 valence electrons. The summed E-state index contributed by atoms with van der Waals surface area (Å²) in [4.78, 5) is 17.4. The summed E-state index contributed by atoms with van der Waals surface area (Å²) in [5.41, 5.74) is 4.46. The third kappa shape index (κ3) is 4.92. The molecule has 0 saturated carbocycles. The van der Waals surface area contributed by atoms with Gasteiger partial charge in [-0.15, -0.1) is 0 Å². The average molecular weight is 535 g/mol. The van der Waals surface area contributed by atoms with Crippen LogP contribution in [0.5, 0.6) is 0 Å². The van der Waals surface area contributed by atoms with Crippen LogP contribution < -0.4 is 10.0 Å². The van der Waals surface area contributed by atoms with E-state index < -0.39 is 0 Å². The first kappa shape index (κ1) is 23.1. The van der Waals surface area contributed by atoms with Crippen LogP contribution >= 0.6 is 27.5 Å². The van der Waals surface area contributed by atoms with Crippen molar-refractivity contribution in [3.8, 4) is 0 Å². The maximum absolute atomic E-state index is 13.0. The fraction of sp³-hybridized carbons (Fsp3) is 0.520. The number of aryl methyl sites for hydroxylation is 2. The molecule has 0 radical (unpaired) electrons. The SMILES string of the molecule is O=C(CC1CCNCC1)N1CCN(C2c3ccc(Cl)cc3CCc3cc(Br)c[n+](O)c32)CC1. The molecule has 0 spiro atoms. The highest BCUT2D eigenvalue weighted by atomic mass is 79.9. The molecular weight excluding hydrogens is 504 g/mol. The molecule has 1 aliphatic carbocycles. The second kappa shape index (κ2) is 9.90. The van der Waals surface area contributed by atoms with Gasteiger partial charge in [0.15, 0.2) is 0 Å². The fourth-order valence-electron chi connectivity index (χ4n) is 5.65. The number of benzene rings is 1. The Morgan fingerprint density at radius 1 is 1.12 bits per heavy atom. The van der Waals surface area contributed by atoms with Gasteiger partial charge in [-0.2, -0.15) is 0 Å². The Morgan fingerprint density at radius 3 is 2.61 bits per heavy atom. The molecule has 1 unspecified atom stereocenters. The third-order valence-corrected chi connectivity index (χ3v) is 8.08. The van der Waals surface area contributed by atoms with E-state index in [-0.39, 0.29) is 11.9 Å². The van der Waals surface area contributed by atoms with E-state index >= 15 is 0 Å². The van der Waals surface area contributed by atoms with Crippen molar-refractivity contribution in [2.24, 2.45) is 5.92 Å². The largest absolute Gasteiger partial charge is 0.340 e. The molecule has 8 heteroatoms. The minimum Gasteiger partial charge on any atom is -0.340 e. The maximum atomic E-state index is 13.0. The van der Waals surface area contributed by atoms with Crippen molar-refractivity contribution in [3.05, 3.63) is 62.3 Å². The molecule has 2 N–H and O–H groups in total. The number of pyridine rings is 1. The zero-order valence-corrected chi connectivity index (χ0v) is 21.1. The monoisotopic (exact) mass is 533 g/mol. The number of carbonyl (C=O) groups excluding carboxylic acids is 1. The molecule has 2 fully saturated rings. The number of fused-ring (bicyclic) bond motifs is 2. The number of nitrogens with zero attached hydrogens (tertiary/aromatic N) is 3. The highest BCUT2D eigenvalue weighted by Gasteiger charge is 2.39. The zero-order chi connectivity index (χ0) is 22.9. The lowest BCUT2D eigenvalue weighted by Gasteiger charge is -2.39. The number of rotatable bonds is 3. The first-order chi connectivity index (χ1) is 16.0. The summed E-state index contributed by atoms with van der Waals surface area (Å²) < 4.78 is 2.14. The molecular formula is C25H31BrClN4O2+. The number of carbonyl (C=O) groups is 1. The lowest BCUT2D eigenvalue weighted by atomic mass is 9.93. The molecule has 1 atom stereocenters. The van der Waals surface area contributed by atoms with Crippen molar-refractivity contribution < 1.29 is 14.7 Å². The van der Waals surface area contributed by atoms with Gasteiger partial charge >= 0.3 is 0 Å². The number of piperidine rings is 1. The Morgan fingerprint density at radius 2 is 1.85 bits per heavy atom. The van der Waals surface area contributed by atoms with E-state index in [2.05, 4.69) is 44.3 Å². The summed E-state index contributed by atoms with van der Waals surface area (Å²) >= 11 is 9.87. The second-order valence-corrected chi connectivity index (χ2v) is 10.8. The van der Waals surface area contributed by atoms with Crippen LogP contribution in [0.4, 0.5) is 0 Å². The number of hydrogen-bond donors (Lipinski definition) is 2. The number of amides is 1. The van der Waals surface area contributed by atoms with Gasteiger partial charge in [0.1, 0.15) is 6.04 Å². The van der Waals surface area contributed by atoms with E-state index in [4.69, 9.17) is 11.6 Å². The number of halogens is 2. The van der Waals surface area contributed by atoms with Gasteiger partial charge in [-0.3, -0.25) is 14.9 Å². The molecule has 1 aromatic carbocycles. The van der Waals surface area contributed by atoms with Crippen LogP contribution in [0.15, 0.2) is 34.9 Å². The van der Waals surface area contributed by atoms with Crippen molar-refractivity contribution >= 4 is 33.4 Å². The lowest BCUT2D eigenvalue weighted by molar-refractivity contribution is -0.911. The first-order valence-corrected chi connectivity index (χ1v) is 13.1. The Bertz CT molecular complexity index is 1040. The van der Waals surface area contributed by atoms with Gasteiger partial charge in [0.05, 0.1) is 4.47 Å². The number of piperazine rings is 1. The summed E-state index contributed by atoms with van der Waals surface area (Å²) in [7, 11) is 0. The number of nitrogens with one attached hydrogen (secondary N) is 1. The quantitative estimate of drug-likeness (QED) is 0.468. The lowest BCUT2D eigenvalue weighted by Crippen LogP contribution is -2.52. The fourth-order valence-corrected chi connectivity index (χ4v) is 6.31. The van der Waals surface area contributed by atoms with Gasteiger partial charge in [0, 0.05) is 47.9 Å². The van der Waals surface area contributed by atoms with E-state index in [1.165, 1.54) is 15.9 Å². The molecule has 33 heavy (non-hydrogen) atoms. The van der Waals surface area contributed by atoms with Gasteiger partial charge < -0.3 is 10.2 Å². The summed E-state index contributed by atoms with van der Waals surface area (Å²) in [5.74, 6) is 0.796. The number of hydrogen-bond acceptors (Lipinski definition) is 4. The van der Waals surface area contributed by atoms with Gasteiger partial charge in [-0.1, -0.05) is 17.7 Å². The summed E-state index contributed by atoms with van der Waals surface area (Å²) in [6.07, 6.45) is 6.29. The average Bonchev–Trinajstić information content (AvgIpc) is 2.96. The van der Waals surface area contributed by atoms with Crippen LogP contribution in [-0.2, 0) is 17.6 Å². The highest BCUT2D eigenvalue weighted by Crippen LogP contribution is 2.37. The summed E-state index contributed by atoms with van der Waals surface area (Å²) in [5, 5.41) is 15.0. The van der Waals surface area contributed by atoms with Crippen molar-refractivity contribution in [1.29, 1.82) is 0 Å². The molecule has 6 nitrogen and oxygen atoms in total. The van der Waals surface area contributed by atoms with Crippen LogP contribution in [0, 0.1) is 5.92 Å². The molecule has 0 bridgehead atoms. The topological polar surface area (TPSA) is 59.7 Å². The van der Waals surface area contributed by atoms with Gasteiger partial charge in [0.2, 0.25) is 12.1 Å². The van der Waals surface area contributed by atoms with Gasteiger partial charge in [0.25, 0.3) is 5.69 Å². The van der Waals surface area contributed by atoms with Crippen LogP contribution in [0.25, 0.3) is 0 Å². The van der Waals surface area contributed by atoms with Crippen LogP contribution in [0.3, 0.4) is 0 Å². The number of aromatic nitrogens is 1. The summed E-state index contributed by atoms with van der Waals surface area (Å²) in [6, 6.07) is 8.15. The highest BCUT2D eigenvalue weighted by molar-refractivity contribution is 9.10. The van der Waals surface area contributed by atoms with E-state index in [1.54, 1.807) is 6.20 Å². The normalized spacial score (nSPS) is 21.9. The molecule has 2 saturated heterocycles. The predicted octanol–water partition coefficient (Wildman–Crippen LogP) is 3.35. The van der Waals surface area contributed by atoms with Crippen LogP contribution in [0.1, 0.15) is 47.7 Å². The minimum absolute atomic E-state index is 0.0745. The zero-order valence-electron chi connectivity index (χ0n) is 18.8. The van der Waals surface area contributed by atoms with Crippen LogP contribution in [0.2, 0.25) is 5.02 Å². The van der Waals surface area contributed by atoms with Crippen molar-refractivity contribution in [3.63, 3.8) is 0 Å². The Labute approximate surface area is 208 Å². The molecule has 5 rings (SSSR count). The van der Waals surface area contributed by atoms with E-state index in [9.17, 15) is 10.0 Å². The Hall–Kier alpha value is -1.67. The van der Waals surface area contributed by atoms with Crippen LogP contribution in [-0.4, -0.2) is 60.2 Å². The van der Waals surface area contributed by atoms with E-state index in [0.717, 1.165) is 85.7 Å². The first-order valence-electron chi connectivity index (χ1n) is 11.9. The molecule has 1 amide bonds. The van der Waals surface area contributed by atoms with Gasteiger partial charge in [-0.05, 0) is 89.9 Å². The standard InChI is InChI=1S/C25H31BrClN4O2/c26-20-14-19-2-1-18-15-21(27)3-4-22(18)25(24(19)31(33)16-20)30-11-9-29(10-12-30)23(32)13-17-5-7-28-8-6-17/h3-4,14-17,25,28,33H,1-2,5-13H2/q+1. The van der Waals surface area contributed by atoms with Gasteiger partial charge in [-0.25, -0.2) is 0 Å². The van der Waals surface area contributed by atoms with E-state index in [0.29, 0.717) is 12.3 Å². The minimum atomic E-state index is -0.0745. The molecule has 2 aliphatic heterocycles. The Kier molecular flexibility index (Phi) is 6.93. The molecule has 2 aromatic rings. The predicted molar refractivity (Wildman–Crippen MR) is 131 cm³/mol. The second-order valence-electron chi connectivity index (χ2n) is 9.47.